The van der Waals surface area contributed by atoms with Gasteiger partial charge in [-0.3, -0.25) is 0 Å². The molecule has 3 aliphatic carbocycles. The normalized spacial score (nSPS) is 44.5. The van der Waals surface area contributed by atoms with Gasteiger partial charge in [-0.05, 0) is 20.3 Å². The van der Waals surface area contributed by atoms with Crippen LogP contribution in [0.15, 0.2) is 22.2 Å². The number of fused-ring (bicyclic) bond motifs is 5. The molecule has 0 amide bonds. The molecule has 1 saturated carbocycles. The van der Waals surface area contributed by atoms with Gasteiger partial charge in [0.15, 0.2) is 0 Å². The molecule has 0 aliphatic heterocycles. The molecule has 0 spiro atoms. The second-order valence-electron chi connectivity index (χ2n) is 5.33. The van der Waals surface area contributed by atoms with Crippen molar-refractivity contribution in [1.29, 1.82) is 0 Å². The van der Waals surface area contributed by atoms with E-state index in [9.17, 15) is 0 Å². The Morgan fingerprint density at radius 3 is 2.20 bits per heavy atom. The zero-order valence-electron chi connectivity index (χ0n) is 11.3. The maximum Gasteiger partial charge on any atom is 0.218 e. The molecule has 0 heterocycles. The average Bonchev–Trinajstić information content (AvgIpc) is 2.99. The maximum absolute atomic E-state index is 6.96. The molecule has 0 radical (unpaired) electrons. The van der Waals surface area contributed by atoms with Crippen molar-refractivity contribution in [3.05, 3.63) is 22.2 Å². The summed E-state index contributed by atoms with van der Waals surface area (Å²) in [4.78, 5) is -2.09. The van der Waals surface area contributed by atoms with E-state index in [1.165, 1.54) is 0 Å². The molecule has 0 aromatic rings. The van der Waals surface area contributed by atoms with E-state index < -0.39 is 15.5 Å². The van der Waals surface area contributed by atoms with Crippen molar-refractivity contribution in [3.63, 3.8) is 0 Å². The Kier molecular flexibility index (Phi) is 3.69. The Morgan fingerprint density at radius 1 is 1.10 bits per heavy atom. The van der Waals surface area contributed by atoms with Gasteiger partial charge in [0.05, 0.1) is 10.1 Å². The van der Waals surface area contributed by atoms with Gasteiger partial charge in [0.1, 0.15) is 9.75 Å². The molecule has 3 aliphatic rings. The smallest absolute Gasteiger partial charge is 0.218 e. The Labute approximate surface area is 139 Å². The van der Waals surface area contributed by atoms with Crippen LogP contribution in [-0.4, -0.2) is 28.7 Å². The molecule has 2 bridgehead atoms. The van der Waals surface area contributed by atoms with E-state index in [1.54, 1.807) is 0 Å². The number of alkyl halides is 2. The molecule has 4 atom stereocenters. The standard InChI is InChI=1S/C14H16Cl4O2/c1-3-19-14(20-4-2)12(17)8-6-5-7-9(8)13(14,18)11(16)10(12)15/h5-6,8-9H,3-4,7H2,1-2H3/t8-,9+,12-,13+/m0/s1. The lowest BCUT2D eigenvalue weighted by atomic mass is 9.84. The summed E-state index contributed by atoms with van der Waals surface area (Å²) in [5.74, 6) is -1.22. The maximum atomic E-state index is 6.96. The zero-order chi connectivity index (χ0) is 14.8. The molecule has 20 heavy (non-hydrogen) atoms. The van der Waals surface area contributed by atoms with E-state index in [2.05, 4.69) is 12.2 Å². The molecule has 0 aromatic carbocycles. The van der Waals surface area contributed by atoms with Crippen molar-refractivity contribution in [1.82, 2.24) is 0 Å². The van der Waals surface area contributed by atoms with Gasteiger partial charge < -0.3 is 9.47 Å². The van der Waals surface area contributed by atoms with Crippen LogP contribution in [0, 0.1) is 11.8 Å². The first-order valence-electron chi connectivity index (χ1n) is 6.80. The predicted octanol–water partition coefficient (Wildman–Crippen LogP) is 4.62. The number of ether oxygens (including phenoxy) is 2. The van der Waals surface area contributed by atoms with Crippen LogP contribution in [0.2, 0.25) is 0 Å². The van der Waals surface area contributed by atoms with E-state index >= 15 is 0 Å². The zero-order valence-corrected chi connectivity index (χ0v) is 14.3. The largest absolute Gasteiger partial charge is 0.346 e. The Balaban J connectivity index is 2.25. The van der Waals surface area contributed by atoms with Gasteiger partial charge in [-0.15, -0.1) is 23.2 Å². The molecule has 0 aromatic heterocycles. The van der Waals surface area contributed by atoms with E-state index in [4.69, 9.17) is 55.9 Å². The molecule has 0 N–H and O–H groups in total. The predicted molar refractivity (Wildman–Crippen MR) is 82.6 cm³/mol. The average molecular weight is 358 g/mol. The fourth-order valence-electron chi connectivity index (χ4n) is 3.99. The minimum atomic E-state index is -1.22. The van der Waals surface area contributed by atoms with Gasteiger partial charge in [0, 0.05) is 25.0 Å². The quantitative estimate of drug-likeness (QED) is 0.415. The Bertz CT molecular complexity index is 497. The molecule has 112 valence electrons. The molecule has 6 heteroatoms. The minimum absolute atomic E-state index is 0.0326. The van der Waals surface area contributed by atoms with Crippen molar-refractivity contribution in [2.45, 2.75) is 35.8 Å². The minimum Gasteiger partial charge on any atom is -0.346 e. The van der Waals surface area contributed by atoms with Crippen LogP contribution < -0.4 is 0 Å². The highest BCUT2D eigenvalue weighted by atomic mass is 35.5. The summed E-state index contributed by atoms with van der Waals surface area (Å²) in [7, 11) is 0. The Hall–Kier alpha value is 0.560. The lowest BCUT2D eigenvalue weighted by Gasteiger charge is -2.43. The van der Waals surface area contributed by atoms with Crippen LogP contribution in [0.5, 0.6) is 0 Å². The van der Waals surface area contributed by atoms with Gasteiger partial charge >= 0.3 is 0 Å². The van der Waals surface area contributed by atoms with E-state index in [1.807, 2.05) is 13.8 Å². The summed E-state index contributed by atoms with van der Waals surface area (Å²) in [5.41, 5.74) is 0. The summed E-state index contributed by atoms with van der Waals surface area (Å²) >= 11 is 26.8. The fourth-order valence-corrected chi connectivity index (χ4v) is 6.10. The molecule has 1 fully saturated rings. The number of allylic oxidation sites excluding steroid dienone is 2. The third kappa shape index (κ3) is 1.37. The SMILES string of the molecule is CCOC1(OCC)[C@@]2(Cl)C(Cl)=C(Cl)[C@]1(Cl)[C@@H]1CC=C[C@@H]12. The van der Waals surface area contributed by atoms with E-state index in [0.717, 1.165) is 6.42 Å². The monoisotopic (exact) mass is 356 g/mol. The van der Waals surface area contributed by atoms with Gasteiger partial charge in [-0.2, -0.15) is 0 Å². The second-order valence-corrected chi connectivity index (χ2v) is 7.28. The first-order chi connectivity index (χ1) is 9.41. The van der Waals surface area contributed by atoms with Crippen molar-refractivity contribution in [2.24, 2.45) is 11.8 Å². The van der Waals surface area contributed by atoms with Gasteiger partial charge in [-0.25, -0.2) is 0 Å². The molecule has 2 nitrogen and oxygen atoms in total. The summed E-state index contributed by atoms with van der Waals surface area (Å²) in [6, 6.07) is 0. The third-order valence-electron chi connectivity index (χ3n) is 4.62. The summed E-state index contributed by atoms with van der Waals surface area (Å²) in [6.45, 7) is 4.60. The number of hydrogen-bond donors (Lipinski definition) is 0. The molecule has 3 rings (SSSR count). The van der Waals surface area contributed by atoms with Crippen LogP contribution >= 0.6 is 46.4 Å². The lowest BCUT2D eigenvalue weighted by Crippen LogP contribution is -2.58. The van der Waals surface area contributed by atoms with Crippen LogP contribution in [-0.2, 0) is 9.47 Å². The highest BCUT2D eigenvalue weighted by molar-refractivity contribution is 6.52. The lowest BCUT2D eigenvalue weighted by molar-refractivity contribution is -0.245. The number of halogens is 4. The Morgan fingerprint density at radius 2 is 1.65 bits per heavy atom. The highest BCUT2D eigenvalue weighted by Crippen LogP contribution is 2.75. The van der Waals surface area contributed by atoms with Crippen molar-refractivity contribution in [2.75, 3.05) is 13.2 Å². The molecule has 0 unspecified atom stereocenters. The first kappa shape index (κ1) is 15.5. The number of rotatable bonds is 4. The van der Waals surface area contributed by atoms with Crippen LogP contribution in [0.3, 0.4) is 0 Å². The van der Waals surface area contributed by atoms with Gasteiger partial charge in [0.25, 0.3) is 0 Å². The van der Waals surface area contributed by atoms with Crippen molar-refractivity contribution >= 4 is 46.4 Å². The molecule has 0 saturated heterocycles. The topological polar surface area (TPSA) is 18.5 Å². The third-order valence-corrected chi connectivity index (χ3v) is 7.29. The molecular formula is C14H16Cl4O2. The van der Waals surface area contributed by atoms with Crippen LogP contribution in [0.1, 0.15) is 20.3 Å². The summed E-state index contributed by atoms with van der Waals surface area (Å²) in [6.07, 6.45) is 4.93. The fraction of sp³-hybridized carbons (Fsp3) is 0.714. The van der Waals surface area contributed by atoms with Crippen LogP contribution in [0.4, 0.5) is 0 Å². The van der Waals surface area contributed by atoms with E-state index in [-0.39, 0.29) is 11.8 Å². The highest BCUT2D eigenvalue weighted by Gasteiger charge is 2.84. The van der Waals surface area contributed by atoms with Crippen molar-refractivity contribution in [3.8, 4) is 0 Å². The van der Waals surface area contributed by atoms with Gasteiger partial charge in [0.2, 0.25) is 5.79 Å². The summed E-state index contributed by atoms with van der Waals surface area (Å²) < 4.78 is 11.9. The first-order valence-corrected chi connectivity index (χ1v) is 8.31. The van der Waals surface area contributed by atoms with E-state index in [0.29, 0.717) is 23.3 Å². The molecular weight excluding hydrogens is 342 g/mol. The van der Waals surface area contributed by atoms with Gasteiger partial charge in [-0.1, -0.05) is 35.4 Å². The summed E-state index contributed by atoms with van der Waals surface area (Å²) in [5, 5.41) is 0.716. The van der Waals surface area contributed by atoms with Crippen LogP contribution in [0.25, 0.3) is 0 Å². The second kappa shape index (κ2) is 4.78. The van der Waals surface area contributed by atoms with Crippen molar-refractivity contribution < 1.29 is 9.47 Å². The number of hydrogen-bond acceptors (Lipinski definition) is 2.